The Bertz CT molecular complexity index is 993. The van der Waals surface area contributed by atoms with Crippen molar-refractivity contribution >= 4 is 17.4 Å². The van der Waals surface area contributed by atoms with E-state index < -0.39 is 0 Å². The molecule has 31 heavy (non-hydrogen) atoms. The first-order chi connectivity index (χ1) is 15.3. The molecule has 160 valence electrons. The van der Waals surface area contributed by atoms with Gasteiger partial charge < -0.3 is 25.0 Å². The molecular weight excluding hydrogens is 394 g/mol. The number of benzene rings is 2. The topological polar surface area (TPSA) is 88.6 Å². The van der Waals surface area contributed by atoms with Gasteiger partial charge >= 0.3 is 0 Å². The van der Waals surface area contributed by atoms with Gasteiger partial charge in [0, 0.05) is 32.2 Å². The lowest BCUT2D eigenvalue weighted by molar-refractivity contribution is 0.0953. The molecule has 0 bridgehead atoms. The van der Waals surface area contributed by atoms with Gasteiger partial charge in [0.25, 0.3) is 5.91 Å². The zero-order valence-corrected chi connectivity index (χ0v) is 17.2. The van der Waals surface area contributed by atoms with Crippen molar-refractivity contribution in [2.75, 3.05) is 49.6 Å². The number of carbonyl (C=O) groups excluding carboxylic acids is 1. The average molecular weight is 419 g/mol. The Hall–Kier alpha value is -3.65. The van der Waals surface area contributed by atoms with E-state index in [0.29, 0.717) is 49.2 Å². The number of hydrogen-bond acceptors (Lipinski definition) is 7. The van der Waals surface area contributed by atoms with Crippen molar-refractivity contribution in [2.45, 2.75) is 0 Å². The predicted octanol–water partition coefficient (Wildman–Crippen LogP) is 2.95. The molecule has 1 aliphatic rings. The van der Waals surface area contributed by atoms with Gasteiger partial charge in [-0.1, -0.05) is 30.3 Å². The van der Waals surface area contributed by atoms with Crippen LogP contribution in [0.2, 0.25) is 0 Å². The Balaban J connectivity index is 1.29. The highest BCUT2D eigenvalue weighted by atomic mass is 16.5. The summed E-state index contributed by atoms with van der Waals surface area (Å²) in [4.78, 5) is 14.9. The maximum absolute atomic E-state index is 12.7. The fraction of sp³-hybridized carbons (Fsp3) is 0.261. The third kappa shape index (κ3) is 5.70. The summed E-state index contributed by atoms with van der Waals surface area (Å²) >= 11 is 0. The minimum Gasteiger partial charge on any atom is -0.457 e. The molecule has 0 saturated carbocycles. The minimum absolute atomic E-state index is 0.193. The molecule has 0 spiro atoms. The highest BCUT2D eigenvalue weighted by Gasteiger charge is 2.14. The highest BCUT2D eigenvalue weighted by Crippen LogP contribution is 2.25. The van der Waals surface area contributed by atoms with Crippen molar-refractivity contribution in [2.24, 2.45) is 0 Å². The summed E-state index contributed by atoms with van der Waals surface area (Å²) in [7, 11) is 0. The first kappa shape index (κ1) is 20.6. The fourth-order valence-corrected chi connectivity index (χ4v) is 3.26. The monoisotopic (exact) mass is 419 g/mol. The zero-order valence-electron chi connectivity index (χ0n) is 17.2. The summed E-state index contributed by atoms with van der Waals surface area (Å²) in [5, 5.41) is 14.3. The molecule has 1 aromatic heterocycles. The molecule has 1 aliphatic heterocycles. The highest BCUT2D eigenvalue weighted by molar-refractivity contribution is 5.97. The van der Waals surface area contributed by atoms with Gasteiger partial charge in [-0.3, -0.25) is 4.79 Å². The standard InChI is InChI=1S/C23H25N5O3/c29-23(20-8-4-5-9-21(20)31-19-6-2-1-3-7-19)25-11-10-24-22-16-18(17-26-27-22)28-12-14-30-15-13-28/h1-9,16-17H,10-15H2,(H,24,27)(H,25,29). The van der Waals surface area contributed by atoms with Crippen LogP contribution in [0.25, 0.3) is 0 Å². The lowest BCUT2D eigenvalue weighted by atomic mass is 10.2. The number of anilines is 2. The molecule has 1 fully saturated rings. The van der Waals surface area contributed by atoms with E-state index in [2.05, 4.69) is 25.7 Å². The number of nitrogens with zero attached hydrogens (tertiary/aromatic N) is 3. The number of morpholine rings is 1. The van der Waals surface area contributed by atoms with Gasteiger partial charge in [0.1, 0.15) is 11.5 Å². The first-order valence-corrected chi connectivity index (χ1v) is 10.3. The van der Waals surface area contributed by atoms with E-state index in [4.69, 9.17) is 9.47 Å². The lowest BCUT2D eigenvalue weighted by Gasteiger charge is -2.28. The molecule has 4 rings (SSSR count). The van der Waals surface area contributed by atoms with Gasteiger partial charge in [-0.15, -0.1) is 5.10 Å². The number of ether oxygens (including phenoxy) is 2. The largest absolute Gasteiger partial charge is 0.457 e. The summed E-state index contributed by atoms with van der Waals surface area (Å²) < 4.78 is 11.3. The summed E-state index contributed by atoms with van der Waals surface area (Å²) in [6, 6.07) is 18.6. The van der Waals surface area contributed by atoms with Crippen LogP contribution in [-0.4, -0.2) is 55.5 Å². The minimum atomic E-state index is -0.193. The average Bonchev–Trinajstić information content (AvgIpc) is 2.83. The van der Waals surface area contributed by atoms with E-state index in [-0.39, 0.29) is 5.91 Å². The van der Waals surface area contributed by atoms with Crippen molar-refractivity contribution in [3.8, 4) is 11.5 Å². The van der Waals surface area contributed by atoms with Crippen LogP contribution in [0.5, 0.6) is 11.5 Å². The van der Waals surface area contributed by atoms with Crippen LogP contribution < -0.4 is 20.3 Å². The molecule has 8 nitrogen and oxygen atoms in total. The summed E-state index contributed by atoms with van der Waals surface area (Å²) in [5.74, 6) is 1.68. The van der Waals surface area contributed by atoms with Crippen molar-refractivity contribution < 1.29 is 14.3 Å². The van der Waals surface area contributed by atoms with E-state index in [9.17, 15) is 4.79 Å². The Morgan fingerprint density at radius 1 is 1.03 bits per heavy atom. The number of para-hydroxylation sites is 2. The number of aromatic nitrogens is 2. The molecule has 3 aromatic rings. The predicted molar refractivity (Wildman–Crippen MR) is 119 cm³/mol. The van der Waals surface area contributed by atoms with Gasteiger partial charge in [0.05, 0.1) is 30.7 Å². The molecular formula is C23H25N5O3. The van der Waals surface area contributed by atoms with Crippen LogP contribution in [0.4, 0.5) is 11.5 Å². The summed E-state index contributed by atoms with van der Waals surface area (Å²) in [5.41, 5.74) is 1.50. The van der Waals surface area contributed by atoms with Crippen molar-refractivity contribution in [1.82, 2.24) is 15.5 Å². The quantitative estimate of drug-likeness (QED) is 0.543. The zero-order chi connectivity index (χ0) is 21.3. The molecule has 0 radical (unpaired) electrons. The van der Waals surface area contributed by atoms with Gasteiger partial charge in [0.15, 0.2) is 5.82 Å². The Kier molecular flexibility index (Phi) is 6.92. The van der Waals surface area contributed by atoms with Crippen LogP contribution in [0.1, 0.15) is 10.4 Å². The van der Waals surface area contributed by atoms with Gasteiger partial charge in [-0.25, -0.2) is 0 Å². The molecule has 2 N–H and O–H groups in total. The molecule has 2 heterocycles. The maximum atomic E-state index is 12.7. The van der Waals surface area contributed by atoms with E-state index in [0.717, 1.165) is 18.8 Å². The number of hydrogen-bond donors (Lipinski definition) is 2. The third-order valence-electron chi connectivity index (χ3n) is 4.84. The molecule has 0 unspecified atom stereocenters. The normalized spacial score (nSPS) is 13.5. The van der Waals surface area contributed by atoms with Crippen molar-refractivity contribution in [1.29, 1.82) is 0 Å². The van der Waals surface area contributed by atoms with Crippen molar-refractivity contribution in [3.05, 3.63) is 72.4 Å². The summed E-state index contributed by atoms with van der Waals surface area (Å²) in [6.45, 7) is 4.06. The second kappa shape index (κ2) is 10.4. The molecule has 2 aromatic carbocycles. The second-order valence-electron chi connectivity index (χ2n) is 6.99. The van der Waals surface area contributed by atoms with E-state index in [1.54, 1.807) is 18.3 Å². The Morgan fingerprint density at radius 2 is 1.81 bits per heavy atom. The second-order valence-corrected chi connectivity index (χ2v) is 6.99. The molecule has 1 amide bonds. The van der Waals surface area contributed by atoms with E-state index >= 15 is 0 Å². The lowest BCUT2D eigenvalue weighted by Crippen LogP contribution is -2.36. The van der Waals surface area contributed by atoms with Gasteiger partial charge in [0.2, 0.25) is 0 Å². The van der Waals surface area contributed by atoms with Gasteiger partial charge in [-0.05, 0) is 24.3 Å². The maximum Gasteiger partial charge on any atom is 0.255 e. The number of rotatable bonds is 8. The van der Waals surface area contributed by atoms with Crippen LogP contribution in [-0.2, 0) is 4.74 Å². The molecule has 0 atom stereocenters. The molecule has 1 saturated heterocycles. The third-order valence-corrected chi connectivity index (χ3v) is 4.84. The number of nitrogens with one attached hydrogen (secondary N) is 2. The fourth-order valence-electron chi connectivity index (χ4n) is 3.26. The number of carbonyl (C=O) groups is 1. The van der Waals surface area contributed by atoms with E-state index in [1.165, 1.54) is 0 Å². The molecule has 8 heteroatoms. The van der Waals surface area contributed by atoms with E-state index in [1.807, 2.05) is 48.5 Å². The van der Waals surface area contributed by atoms with Gasteiger partial charge in [-0.2, -0.15) is 5.10 Å². The Morgan fingerprint density at radius 3 is 2.65 bits per heavy atom. The van der Waals surface area contributed by atoms with Crippen LogP contribution in [0, 0.1) is 0 Å². The molecule has 0 aliphatic carbocycles. The number of amides is 1. The van der Waals surface area contributed by atoms with Crippen LogP contribution >= 0.6 is 0 Å². The Labute approximate surface area is 181 Å². The smallest absolute Gasteiger partial charge is 0.255 e. The van der Waals surface area contributed by atoms with Crippen molar-refractivity contribution in [3.63, 3.8) is 0 Å². The summed E-state index contributed by atoms with van der Waals surface area (Å²) in [6.07, 6.45) is 1.75. The van der Waals surface area contributed by atoms with Crippen LogP contribution in [0.15, 0.2) is 66.9 Å². The SMILES string of the molecule is O=C(NCCNc1cc(N2CCOCC2)cnn1)c1ccccc1Oc1ccccc1. The van der Waals surface area contributed by atoms with Crippen LogP contribution in [0.3, 0.4) is 0 Å². The first-order valence-electron chi connectivity index (χ1n) is 10.3.